The molecule has 0 bridgehead atoms. The van der Waals surface area contributed by atoms with Gasteiger partial charge in [0.05, 0.1) is 12.0 Å². The van der Waals surface area contributed by atoms with E-state index in [1.54, 1.807) is 0 Å². The molecule has 0 aliphatic heterocycles. The second-order valence-electron chi connectivity index (χ2n) is 6.57. The highest BCUT2D eigenvalue weighted by molar-refractivity contribution is 6.03. The fraction of sp³-hybridized carbons (Fsp3) is 0.556. The highest BCUT2D eigenvalue weighted by Gasteiger charge is 2.82. The van der Waals surface area contributed by atoms with Gasteiger partial charge in [0.25, 0.3) is 0 Å². The van der Waals surface area contributed by atoms with E-state index in [9.17, 15) is 9.59 Å². The summed E-state index contributed by atoms with van der Waals surface area (Å²) in [7, 11) is 0. The maximum Gasteiger partial charge on any atom is 0.313 e. The third kappa shape index (κ3) is 1.49. The molecule has 3 aliphatic rings. The summed E-state index contributed by atoms with van der Waals surface area (Å²) in [4.78, 5) is 25.4. The normalized spacial score (nSPS) is 39.8. The first kappa shape index (κ1) is 13.1. The summed E-state index contributed by atoms with van der Waals surface area (Å²) in [5.41, 5.74) is 0.574. The van der Waals surface area contributed by atoms with E-state index in [0.717, 1.165) is 24.8 Å². The van der Waals surface area contributed by atoms with Crippen LogP contribution in [0.5, 0.6) is 0 Å². The fourth-order valence-electron chi connectivity index (χ4n) is 5.16. The Morgan fingerprint density at radius 1 is 1.24 bits per heavy atom. The van der Waals surface area contributed by atoms with Crippen LogP contribution < -0.4 is 0 Å². The maximum absolute atomic E-state index is 12.7. The predicted molar refractivity (Wildman–Crippen MR) is 77.6 cm³/mol. The van der Waals surface area contributed by atoms with Crippen LogP contribution in [0.25, 0.3) is 0 Å². The van der Waals surface area contributed by atoms with E-state index in [0.29, 0.717) is 12.4 Å². The van der Waals surface area contributed by atoms with Crippen LogP contribution in [0.4, 0.5) is 0 Å². The zero-order valence-electron chi connectivity index (χ0n) is 12.2. The smallest absolute Gasteiger partial charge is 0.313 e. The molecule has 3 aliphatic carbocycles. The van der Waals surface area contributed by atoms with Gasteiger partial charge in [0, 0.05) is 17.8 Å². The van der Waals surface area contributed by atoms with Crippen molar-refractivity contribution in [1.29, 1.82) is 0 Å². The summed E-state index contributed by atoms with van der Waals surface area (Å²) in [5, 5.41) is 0. The summed E-state index contributed by atoms with van der Waals surface area (Å²) in [6, 6.07) is 10.0. The first-order valence-electron chi connectivity index (χ1n) is 7.98. The average molecular weight is 284 g/mol. The van der Waals surface area contributed by atoms with Gasteiger partial charge in [-0.15, -0.1) is 0 Å². The molecule has 21 heavy (non-hydrogen) atoms. The number of carbonyl (C=O) groups is 2. The highest BCUT2D eigenvalue weighted by Crippen LogP contribution is 2.78. The molecule has 0 spiro atoms. The number of hydrogen-bond donors (Lipinski definition) is 0. The van der Waals surface area contributed by atoms with Gasteiger partial charge in [-0.3, -0.25) is 9.59 Å². The van der Waals surface area contributed by atoms with Crippen LogP contribution in [0.1, 0.15) is 37.7 Å². The van der Waals surface area contributed by atoms with Gasteiger partial charge < -0.3 is 4.74 Å². The van der Waals surface area contributed by atoms with E-state index in [4.69, 9.17) is 4.74 Å². The lowest BCUT2D eigenvalue weighted by Gasteiger charge is -2.23. The molecular weight excluding hydrogens is 264 g/mol. The Kier molecular flexibility index (Phi) is 2.75. The van der Waals surface area contributed by atoms with Crippen molar-refractivity contribution in [2.24, 2.45) is 23.2 Å². The minimum atomic E-state index is -0.546. The lowest BCUT2D eigenvalue weighted by atomic mass is 9.81. The number of Topliss-reactive ketones (excluding diaryl/α,β-unsaturated/α-hetero) is 1. The number of hydrogen-bond acceptors (Lipinski definition) is 3. The van der Waals surface area contributed by atoms with Gasteiger partial charge in [0.2, 0.25) is 0 Å². The van der Waals surface area contributed by atoms with Crippen LogP contribution in [0, 0.1) is 23.2 Å². The van der Waals surface area contributed by atoms with E-state index in [1.807, 2.05) is 37.3 Å². The van der Waals surface area contributed by atoms with Gasteiger partial charge in [-0.1, -0.05) is 36.8 Å². The molecule has 1 aromatic carbocycles. The van der Waals surface area contributed by atoms with E-state index >= 15 is 0 Å². The van der Waals surface area contributed by atoms with Crippen LogP contribution in [-0.4, -0.2) is 18.4 Å². The highest BCUT2D eigenvalue weighted by atomic mass is 16.5. The van der Waals surface area contributed by atoms with E-state index in [1.165, 1.54) is 0 Å². The number of fused-ring (bicyclic) bond motifs is 3. The minimum Gasteiger partial charge on any atom is -0.466 e. The van der Waals surface area contributed by atoms with Crippen molar-refractivity contribution in [1.82, 2.24) is 0 Å². The number of carbonyl (C=O) groups excluding carboxylic acids is 2. The van der Waals surface area contributed by atoms with Crippen molar-refractivity contribution < 1.29 is 14.3 Å². The van der Waals surface area contributed by atoms with E-state index in [2.05, 4.69) is 0 Å². The Labute approximate surface area is 124 Å². The molecule has 0 N–H and O–H groups in total. The second-order valence-corrected chi connectivity index (χ2v) is 6.57. The molecule has 110 valence electrons. The monoisotopic (exact) mass is 284 g/mol. The summed E-state index contributed by atoms with van der Waals surface area (Å²) >= 11 is 0. The molecule has 3 fully saturated rings. The van der Waals surface area contributed by atoms with Crippen LogP contribution in [0.2, 0.25) is 0 Å². The lowest BCUT2D eigenvalue weighted by Crippen LogP contribution is -2.29. The SMILES string of the molecule is CCOC(=O)[C@]12[C@@H]3CCC[C@@H]3C(=O)[C@H]1[C@@H]2c1ccccc1. The van der Waals surface area contributed by atoms with E-state index in [-0.39, 0.29) is 29.6 Å². The Bertz CT molecular complexity index is 594. The maximum atomic E-state index is 12.7. The Morgan fingerprint density at radius 3 is 2.71 bits per heavy atom. The van der Waals surface area contributed by atoms with Crippen LogP contribution in [-0.2, 0) is 14.3 Å². The van der Waals surface area contributed by atoms with Crippen molar-refractivity contribution in [3.8, 4) is 0 Å². The van der Waals surface area contributed by atoms with Gasteiger partial charge in [-0.25, -0.2) is 0 Å². The topological polar surface area (TPSA) is 43.4 Å². The van der Waals surface area contributed by atoms with Gasteiger partial charge in [-0.2, -0.15) is 0 Å². The molecule has 4 rings (SSSR count). The fourth-order valence-corrected chi connectivity index (χ4v) is 5.16. The van der Waals surface area contributed by atoms with Gasteiger partial charge in [0.15, 0.2) is 0 Å². The lowest BCUT2D eigenvalue weighted by molar-refractivity contribution is -0.152. The Morgan fingerprint density at radius 2 is 2.00 bits per heavy atom. The van der Waals surface area contributed by atoms with Crippen molar-refractivity contribution in [3.63, 3.8) is 0 Å². The average Bonchev–Trinajstić information content (AvgIpc) is 2.82. The van der Waals surface area contributed by atoms with Crippen molar-refractivity contribution >= 4 is 11.8 Å². The molecule has 0 saturated heterocycles. The molecule has 3 heteroatoms. The van der Waals surface area contributed by atoms with Crippen molar-refractivity contribution in [2.45, 2.75) is 32.1 Å². The number of esters is 1. The van der Waals surface area contributed by atoms with Gasteiger partial charge in [0.1, 0.15) is 5.78 Å². The zero-order chi connectivity index (χ0) is 14.6. The first-order valence-corrected chi connectivity index (χ1v) is 7.98. The second kappa shape index (κ2) is 4.43. The first-order chi connectivity index (χ1) is 10.2. The number of benzene rings is 1. The third-order valence-electron chi connectivity index (χ3n) is 5.84. The molecule has 0 unspecified atom stereocenters. The third-order valence-corrected chi connectivity index (χ3v) is 5.84. The molecule has 0 aromatic heterocycles. The van der Waals surface area contributed by atoms with Crippen LogP contribution in [0.3, 0.4) is 0 Å². The standard InChI is InChI=1S/C18H20O3/c1-2-21-17(20)18-13-10-6-9-12(13)16(19)15(18)14(18)11-7-4-3-5-8-11/h3-5,7-8,12-15H,2,6,9-10H2,1H3/t12-,13+,14-,15+,18-/m0/s1. The Hall–Kier alpha value is -1.64. The number of ketones is 1. The summed E-state index contributed by atoms with van der Waals surface area (Å²) in [6.07, 6.45) is 3.02. The van der Waals surface area contributed by atoms with Gasteiger partial charge >= 0.3 is 5.97 Å². The number of rotatable bonds is 3. The quantitative estimate of drug-likeness (QED) is 0.802. The summed E-state index contributed by atoms with van der Waals surface area (Å²) in [6.45, 7) is 2.23. The van der Waals surface area contributed by atoms with Crippen molar-refractivity contribution in [2.75, 3.05) is 6.61 Å². The zero-order valence-corrected chi connectivity index (χ0v) is 12.2. The molecule has 0 radical (unpaired) electrons. The van der Waals surface area contributed by atoms with Crippen LogP contribution in [0.15, 0.2) is 30.3 Å². The van der Waals surface area contributed by atoms with Gasteiger partial charge in [-0.05, 0) is 31.2 Å². The molecule has 3 nitrogen and oxygen atoms in total. The predicted octanol–water partition coefficient (Wildman–Crippen LogP) is 2.95. The van der Waals surface area contributed by atoms with Crippen LogP contribution >= 0.6 is 0 Å². The molecular formula is C18H20O3. The molecule has 3 saturated carbocycles. The summed E-state index contributed by atoms with van der Waals surface area (Å²) in [5.74, 6) is 0.420. The van der Waals surface area contributed by atoms with E-state index < -0.39 is 5.41 Å². The molecule has 0 heterocycles. The summed E-state index contributed by atoms with van der Waals surface area (Å²) < 4.78 is 5.39. The largest absolute Gasteiger partial charge is 0.466 e. The molecule has 5 atom stereocenters. The number of ether oxygens (including phenoxy) is 1. The Balaban J connectivity index is 1.77. The van der Waals surface area contributed by atoms with Crippen molar-refractivity contribution in [3.05, 3.63) is 35.9 Å². The minimum absolute atomic E-state index is 0.0459. The molecule has 1 aromatic rings. The molecule has 0 amide bonds.